The van der Waals surface area contributed by atoms with E-state index in [2.05, 4.69) is 4.36 Å². The van der Waals surface area contributed by atoms with Crippen molar-refractivity contribution in [1.82, 2.24) is 0 Å². The predicted molar refractivity (Wildman–Crippen MR) is 52.5 cm³/mol. The Labute approximate surface area is 91.8 Å². The van der Waals surface area contributed by atoms with E-state index < -0.39 is 16.4 Å². The van der Waals surface area contributed by atoms with Gasteiger partial charge in [0.15, 0.2) is 11.5 Å². The lowest BCUT2D eigenvalue weighted by Crippen LogP contribution is -2.03. The van der Waals surface area contributed by atoms with Crippen LogP contribution in [0, 0.1) is 0 Å². The molecule has 0 saturated carbocycles. The van der Waals surface area contributed by atoms with Gasteiger partial charge in [0.1, 0.15) is 12.5 Å². The van der Waals surface area contributed by atoms with Crippen molar-refractivity contribution in [3.63, 3.8) is 0 Å². The molecule has 0 spiro atoms. The Kier molecular flexibility index (Phi) is 2.69. The third-order valence-electron chi connectivity index (χ3n) is 1.80. The fourth-order valence-electron chi connectivity index (χ4n) is 1.21. The normalized spacial score (nSPS) is 12.0. The van der Waals surface area contributed by atoms with Crippen LogP contribution in [-0.2, 0) is 10.5 Å². The minimum atomic E-state index is -2.79. The van der Waals surface area contributed by atoms with Gasteiger partial charge in [0.05, 0.1) is 5.56 Å². The van der Waals surface area contributed by atoms with Crippen LogP contribution in [-0.4, -0.2) is 14.3 Å². The summed E-state index contributed by atoms with van der Waals surface area (Å²) in [4.78, 5) is 11.4. The van der Waals surface area contributed by atoms with Gasteiger partial charge in [-0.1, -0.05) is 10.4 Å². The maximum atomic E-state index is 11.4. The standard InChI is InChI=1S/C9H5NO5S/c11-9(10-16(12)13)6-2-1-3-7-8(6)15-5-4-14-7/h1-5H. The number of fused-ring (bicyclic) bond motifs is 1. The van der Waals surface area contributed by atoms with Gasteiger partial charge in [0, 0.05) is 0 Å². The number of carbonyl (C=O) groups is 1. The van der Waals surface area contributed by atoms with Crippen molar-refractivity contribution in [3.05, 3.63) is 36.3 Å². The van der Waals surface area contributed by atoms with Crippen molar-refractivity contribution in [2.75, 3.05) is 0 Å². The van der Waals surface area contributed by atoms with E-state index in [9.17, 15) is 13.2 Å². The highest BCUT2D eigenvalue weighted by Gasteiger charge is 2.18. The number of hydrogen-bond acceptors (Lipinski definition) is 5. The average Bonchev–Trinajstić information content (AvgIpc) is 2.27. The van der Waals surface area contributed by atoms with Gasteiger partial charge in [-0.05, 0) is 12.1 Å². The summed E-state index contributed by atoms with van der Waals surface area (Å²) in [5, 5.41) is 0. The fraction of sp³-hybridized carbons (Fsp3) is 0. The molecule has 1 heterocycles. The second-order valence-electron chi connectivity index (χ2n) is 2.75. The molecule has 1 aromatic rings. The molecule has 2 rings (SSSR count). The van der Waals surface area contributed by atoms with Crippen LogP contribution in [0.3, 0.4) is 0 Å². The summed E-state index contributed by atoms with van der Waals surface area (Å²) in [5.74, 6) is -0.409. The molecule has 1 aliphatic rings. The van der Waals surface area contributed by atoms with Crippen molar-refractivity contribution in [2.24, 2.45) is 4.36 Å². The van der Waals surface area contributed by atoms with Crippen LogP contribution in [0.2, 0.25) is 0 Å². The zero-order valence-corrected chi connectivity index (χ0v) is 8.60. The number of benzene rings is 1. The highest BCUT2D eigenvalue weighted by Crippen LogP contribution is 2.34. The number of para-hydroxylation sites is 1. The molecular weight excluding hydrogens is 234 g/mol. The predicted octanol–water partition coefficient (Wildman–Crippen LogP) is 1.13. The average molecular weight is 239 g/mol. The molecule has 0 saturated heterocycles. The summed E-state index contributed by atoms with van der Waals surface area (Å²) in [5.41, 5.74) is 0.0334. The maximum Gasteiger partial charge on any atom is 0.319 e. The number of ether oxygens (including phenoxy) is 2. The molecule has 16 heavy (non-hydrogen) atoms. The third-order valence-corrected chi connectivity index (χ3v) is 2.12. The summed E-state index contributed by atoms with van der Waals surface area (Å²) < 4.78 is 33.6. The zero-order valence-electron chi connectivity index (χ0n) is 7.78. The van der Waals surface area contributed by atoms with Crippen molar-refractivity contribution >= 4 is 16.4 Å². The zero-order chi connectivity index (χ0) is 11.5. The van der Waals surface area contributed by atoms with E-state index in [1.54, 1.807) is 6.07 Å². The number of amides is 1. The van der Waals surface area contributed by atoms with Gasteiger partial charge in [0.2, 0.25) is 0 Å². The van der Waals surface area contributed by atoms with Gasteiger partial charge >= 0.3 is 10.5 Å². The minimum Gasteiger partial charge on any atom is -0.458 e. The Morgan fingerprint density at radius 1 is 1.19 bits per heavy atom. The molecule has 0 bridgehead atoms. The Morgan fingerprint density at radius 3 is 2.69 bits per heavy atom. The summed E-state index contributed by atoms with van der Waals surface area (Å²) in [6.07, 6.45) is 2.55. The molecule has 82 valence electrons. The first-order chi connectivity index (χ1) is 7.68. The lowest BCUT2D eigenvalue weighted by molar-refractivity contribution is 0.100. The van der Waals surface area contributed by atoms with E-state index in [-0.39, 0.29) is 11.3 Å². The monoisotopic (exact) mass is 239 g/mol. The molecular formula is C9H5NO5S. The first-order valence-electron chi connectivity index (χ1n) is 4.15. The lowest BCUT2D eigenvalue weighted by Gasteiger charge is -2.13. The van der Waals surface area contributed by atoms with Crippen molar-refractivity contribution < 1.29 is 22.7 Å². The quantitative estimate of drug-likeness (QED) is 0.733. The van der Waals surface area contributed by atoms with E-state index in [0.29, 0.717) is 5.75 Å². The number of carbonyl (C=O) groups excluding carboxylic acids is 1. The highest BCUT2D eigenvalue weighted by atomic mass is 32.2. The van der Waals surface area contributed by atoms with Crippen LogP contribution < -0.4 is 9.47 Å². The molecule has 0 atom stereocenters. The van der Waals surface area contributed by atoms with Crippen LogP contribution in [0.15, 0.2) is 35.1 Å². The Morgan fingerprint density at radius 2 is 1.94 bits per heavy atom. The molecule has 0 aliphatic carbocycles. The van der Waals surface area contributed by atoms with Gasteiger partial charge in [-0.2, -0.15) is 8.42 Å². The summed E-state index contributed by atoms with van der Waals surface area (Å²) in [6, 6.07) is 4.53. The van der Waals surface area contributed by atoms with Crippen molar-refractivity contribution in [1.29, 1.82) is 0 Å². The van der Waals surface area contributed by atoms with Gasteiger partial charge in [0.25, 0.3) is 5.91 Å². The van der Waals surface area contributed by atoms with Crippen LogP contribution in [0.1, 0.15) is 10.4 Å². The topological polar surface area (TPSA) is 82.0 Å². The Hall–Kier alpha value is -2.15. The van der Waals surface area contributed by atoms with E-state index in [0.717, 1.165) is 0 Å². The molecule has 0 aromatic heterocycles. The van der Waals surface area contributed by atoms with Crippen LogP contribution >= 0.6 is 0 Å². The molecule has 1 aromatic carbocycles. The smallest absolute Gasteiger partial charge is 0.319 e. The maximum absolute atomic E-state index is 11.4. The SMILES string of the molecule is O=C(N=S(=O)=O)c1cccc2c1OC=CO2. The number of rotatable bonds is 1. The van der Waals surface area contributed by atoms with Gasteiger partial charge < -0.3 is 9.47 Å². The third kappa shape index (κ3) is 1.94. The molecule has 0 N–H and O–H groups in total. The first kappa shape index (κ1) is 10.4. The van der Waals surface area contributed by atoms with Crippen LogP contribution in [0.4, 0.5) is 0 Å². The summed E-state index contributed by atoms with van der Waals surface area (Å²) in [6.45, 7) is 0. The summed E-state index contributed by atoms with van der Waals surface area (Å²) >= 11 is 0. The lowest BCUT2D eigenvalue weighted by atomic mass is 10.1. The largest absolute Gasteiger partial charge is 0.458 e. The molecule has 6 nitrogen and oxygen atoms in total. The highest BCUT2D eigenvalue weighted by molar-refractivity contribution is 7.62. The van der Waals surface area contributed by atoms with E-state index in [1.165, 1.54) is 24.7 Å². The molecule has 7 heteroatoms. The first-order valence-corrected chi connectivity index (χ1v) is 5.18. The second-order valence-corrected chi connectivity index (χ2v) is 3.37. The van der Waals surface area contributed by atoms with Crippen molar-refractivity contribution in [3.8, 4) is 11.5 Å². The van der Waals surface area contributed by atoms with E-state index >= 15 is 0 Å². The van der Waals surface area contributed by atoms with Gasteiger partial charge in [-0.3, -0.25) is 4.79 Å². The Balaban J connectivity index is 2.51. The molecule has 1 amide bonds. The second kappa shape index (κ2) is 4.15. The minimum absolute atomic E-state index is 0.0334. The van der Waals surface area contributed by atoms with Crippen LogP contribution in [0.5, 0.6) is 11.5 Å². The van der Waals surface area contributed by atoms with Gasteiger partial charge in [-0.25, -0.2) is 0 Å². The fourth-order valence-corrected chi connectivity index (χ4v) is 1.45. The van der Waals surface area contributed by atoms with E-state index in [4.69, 9.17) is 9.47 Å². The molecule has 0 fully saturated rings. The summed E-state index contributed by atoms with van der Waals surface area (Å²) in [7, 11) is -2.79. The van der Waals surface area contributed by atoms with Gasteiger partial charge in [-0.15, -0.1) is 0 Å². The van der Waals surface area contributed by atoms with Crippen molar-refractivity contribution in [2.45, 2.75) is 0 Å². The molecule has 1 aliphatic heterocycles. The number of hydrogen-bond donors (Lipinski definition) is 0. The number of nitrogens with zero attached hydrogens (tertiary/aromatic N) is 1. The molecule has 0 radical (unpaired) electrons. The Bertz CT molecular complexity index is 594. The van der Waals surface area contributed by atoms with E-state index in [1.807, 2.05) is 0 Å². The molecule has 0 unspecified atom stereocenters. The van der Waals surface area contributed by atoms with Crippen LogP contribution in [0.25, 0.3) is 0 Å².